The lowest BCUT2D eigenvalue weighted by molar-refractivity contribution is 0.0880. The van der Waals surface area contributed by atoms with Crippen molar-refractivity contribution in [3.63, 3.8) is 0 Å². The first kappa shape index (κ1) is 10.8. The second kappa shape index (κ2) is 3.57. The minimum Gasteiger partial charge on any atom is -0.378 e. The van der Waals surface area contributed by atoms with Gasteiger partial charge in [0, 0.05) is 19.8 Å². The van der Waals surface area contributed by atoms with Crippen molar-refractivity contribution >= 4 is 28.3 Å². The summed E-state index contributed by atoms with van der Waals surface area (Å²) in [5, 5.41) is 4.11. The van der Waals surface area contributed by atoms with Gasteiger partial charge in [0.05, 0.1) is 11.1 Å². The molecule has 1 aliphatic rings. The monoisotopic (exact) mass is 240 g/mol. The van der Waals surface area contributed by atoms with Gasteiger partial charge in [-0.1, -0.05) is 12.1 Å². The van der Waals surface area contributed by atoms with Crippen LogP contribution in [-0.2, 0) is 0 Å². The molecule has 2 amide bonds. The molecule has 0 saturated carbocycles. The van der Waals surface area contributed by atoms with Crippen molar-refractivity contribution in [1.82, 2.24) is 5.32 Å². The van der Waals surface area contributed by atoms with E-state index in [2.05, 4.69) is 5.32 Å². The van der Waals surface area contributed by atoms with Crippen LogP contribution in [0.3, 0.4) is 0 Å². The molecule has 4 nitrogen and oxygen atoms in total. The lowest BCUT2D eigenvalue weighted by Crippen LogP contribution is -2.19. The zero-order valence-electron chi connectivity index (χ0n) is 10.2. The molecule has 1 aliphatic heterocycles. The summed E-state index contributed by atoms with van der Waals surface area (Å²) < 4.78 is 0. The standard InChI is InChI=1S/C14H12N2O2/c1-16(2)9-4-6-10-8(7-9)3-5-11-12(10)14(18)15-13(11)17/h3-7H,1-2H3,(H,15,17,18). The third-order valence-corrected chi connectivity index (χ3v) is 3.22. The summed E-state index contributed by atoms with van der Waals surface area (Å²) in [6.45, 7) is 0. The molecule has 0 atom stereocenters. The number of fused-ring (bicyclic) bond motifs is 3. The highest BCUT2D eigenvalue weighted by Gasteiger charge is 2.28. The Bertz CT molecular complexity index is 689. The summed E-state index contributed by atoms with van der Waals surface area (Å²) in [5.74, 6) is -0.619. The summed E-state index contributed by atoms with van der Waals surface area (Å²) in [4.78, 5) is 25.3. The molecule has 0 bridgehead atoms. The van der Waals surface area contributed by atoms with Crippen molar-refractivity contribution in [3.8, 4) is 0 Å². The highest BCUT2D eigenvalue weighted by Crippen LogP contribution is 2.28. The number of nitrogens with zero attached hydrogens (tertiary/aromatic N) is 1. The average Bonchev–Trinajstić information content (AvgIpc) is 2.64. The Morgan fingerprint density at radius 3 is 2.50 bits per heavy atom. The van der Waals surface area contributed by atoms with Gasteiger partial charge in [0.15, 0.2) is 0 Å². The first-order valence-electron chi connectivity index (χ1n) is 5.67. The smallest absolute Gasteiger partial charge is 0.259 e. The number of hydrogen-bond acceptors (Lipinski definition) is 3. The van der Waals surface area contributed by atoms with Gasteiger partial charge in [-0.15, -0.1) is 0 Å². The maximum absolute atomic E-state index is 11.8. The zero-order chi connectivity index (χ0) is 12.9. The summed E-state index contributed by atoms with van der Waals surface area (Å²) >= 11 is 0. The molecule has 90 valence electrons. The van der Waals surface area contributed by atoms with E-state index >= 15 is 0 Å². The fourth-order valence-electron chi connectivity index (χ4n) is 2.26. The lowest BCUT2D eigenvalue weighted by Gasteiger charge is -2.13. The zero-order valence-corrected chi connectivity index (χ0v) is 10.2. The maximum Gasteiger partial charge on any atom is 0.259 e. The third kappa shape index (κ3) is 1.39. The number of benzene rings is 2. The molecule has 4 heteroatoms. The van der Waals surface area contributed by atoms with Crippen LogP contribution < -0.4 is 10.2 Å². The van der Waals surface area contributed by atoms with Gasteiger partial charge in [-0.2, -0.15) is 0 Å². The predicted octanol–water partition coefficient (Wildman–Crippen LogP) is 1.79. The van der Waals surface area contributed by atoms with Crippen molar-refractivity contribution in [1.29, 1.82) is 0 Å². The van der Waals surface area contributed by atoms with Crippen LogP contribution in [0, 0.1) is 0 Å². The Morgan fingerprint density at radius 1 is 1.00 bits per heavy atom. The molecular weight excluding hydrogens is 228 g/mol. The molecule has 0 aromatic heterocycles. The number of nitrogens with one attached hydrogen (secondary N) is 1. The number of anilines is 1. The molecular formula is C14H12N2O2. The van der Waals surface area contributed by atoms with Gasteiger partial charge in [0.25, 0.3) is 11.8 Å². The van der Waals surface area contributed by atoms with E-state index in [9.17, 15) is 9.59 Å². The Hall–Kier alpha value is -2.36. The predicted molar refractivity (Wildman–Crippen MR) is 70.1 cm³/mol. The van der Waals surface area contributed by atoms with Crippen LogP contribution in [0.5, 0.6) is 0 Å². The van der Waals surface area contributed by atoms with Gasteiger partial charge in [-0.05, 0) is 29.0 Å². The average molecular weight is 240 g/mol. The number of rotatable bonds is 1. The van der Waals surface area contributed by atoms with E-state index in [-0.39, 0.29) is 11.8 Å². The van der Waals surface area contributed by atoms with Crippen LogP contribution in [0.2, 0.25) is 0 Å². The van der Waals surface area contributed by atoms with Gasteiger partial charge >= 0.3 is 0 Å². The van der Waals surface area contributed by atoms with E-state index < -0.39 is 0 Å². The molecule has 0 unspecified atom stereocenters. The minimum absolute atomic E-state index is 0.307. The Kier molecular flexibility index (Phi) is 2.13. The van der Waals surface area contributed by atoms with Crippen LogP contribution in [0.25, 0.3) is 10.8 Å². The van der Waals surface area contributed by atoms with Gasteiger partial charge in [0.1, 0.15) is 0 Å². The molecule has 1 N–H and O–H groups in total. The summed E-state index contributed by atoms with van der Waals surface area (Å²) in [5.41, 5.74) is 2.01. The summed E-state index contributed by atoms with van der Waals surface area (Å²) in [6, 6.07) is 9.42. The van der Waals surface area contributed by atoms with E-state index in [4.69, 9.17) is 0 Å². The lowest BCUT2D eigenvalue weighted by atomic mass is 10.00. The van der Waals surface area contributed by atoms with Crippen LogP contribution >= 0.6 is 0 Å². The van der Waals surface area contributed by atoms with Gasteiger partial charge in [-0.3, -0.25) is 14.9 Å². The molecule has 0 aliphatic carbocycles. The largest absolute Gasteiger partial charge is 0.378 e. The number of carbonyl (C=O) groups excluding carboxylic acids is 2. The summed E-state index contributed by atoms with van der Waals surface area (Å²) in [6.07, 6.45) is 0. The molecule has 0 spiro atoms. The molecule has 3 rings (SSSR count). The van der Waals surface area contributed by atoms with E-state index in [1.54, 1.807) is 6.07 Å². The number of carbonyl (C=O) groups is 2. The fourth-order valence-corrected chi connectivity index (χ4v) is 2.26. The quantitative estimate of drug-likeness (QED) is 0.773. The number of amides is 2. The van der Waals surface area contributed by atoms with E-state index in [1.165, 1.54) is 0 Å². The van der Waals surface area contributed by atoms with E-state index in [0.717, 1.165) is 16.5 Å². The van der Waals surface area contributed by atoms with Crippen molar-refractivity contribution in [3.05, 3.63) is 41.5 Å². The first-order valence-corrected chi connectivity index (χ1v) is 5.67. The van der Waals surface area contributed by atoms with Gasteiger partial charge < -0.3 is 4.90 Å². The van der Waals surface area contributed by atoms with Crippen LogP contribution in [0.15, 0.2) is 30.3 Å². The molecule has 0 saturated heterocycles. The maximum atomic E-state index is 11.8. The number of imide groups is 1. The summed E-state index contributed by atoms with van der Waals surface area (Å²) in [7, 11) is 3.93. The number of hydrogen-bond donors (Lipinski definition) is 1. The first-order chi connectivity index (χ1) is 8.58. The van der Waals surface area contributed by atoms with Crippen molar-refractivity contribution in [2.24, 2.45) is 0 Å². The Labute approximate surface area is 104 Å². The second-order valence-corrected chi connectivity index (χ2v) is 4.57. The topological polar surface area (TPSA) is 49.4 Å². The van der Waals surface area contributed by atoms with Gasteiger partial charge in [0.2, 0.25) is 0 Å². The Balaban J connectivity index is 2.32. The molecule has 0 fully saturated rings. The molecule has 1 heterocycles. The van der Waals surface area contributed by atoms with Crippen LogP contribution in [0.1, 0.15) is 20.7 Å². The highest BCUT2D eigenvalue weighted by atomic mass is 16.2. The van der Waals surface area contributed by atoms with Crippen LogP contribution in [-0.4, -0.2) is 25.9 Å². The third-order valence-electron chi connectivity index (χ3n) is 3.22. The molecule has 2 aromatic carbocycles. The molecule has 2 aromatic rings. The van der Waals surface area contributed by atoms with E-state index in [0.29, 0.717) is 11.1 Å². The SMILES string of the molecule is CN(C)c1ccc2c3c(ccc2c1)C(=O)NC3=O. The Morgan fingerprint density at radius 2 is 1.78 bits per heavy atom. The highest BCUT2D eigenvalue weighted by molar-refractivity contribution is 6.26. The van der Waals surface area contributed by atoms with E-state index in [1.807, 2.05) is 43.3 Å². The van der Waals surface area contributed by atoms with Crippen molar-refractivity contribution in [2.45, 2.75) is 0 Å². The van der Waals surface area contributed by atoms with Gasteiger partial charge in [-0.25, -0.2) is 0 Å². The van der Waals surface area contributed by atoms with Crippen molar-refractivity contribution < 1.29 is 9.59 Å². The normalized spacial score (nSPS) is 13.7. The molecule has 0 radical (unpaired) electrons. The molecule has 18 heavy (non-hydrogen) atoms. The second-order valence-electron chi connectivity index (χ2n) is 4.57. The minimum atomic E-state index is -0.311. The van der Waals surface area contributed by atoms with Crippen LogP contribution in [0.4, 0.5) is 5.69 Å². The van der Waals surface area contributed by atoms with Crippen molar-refractivity contribution in [2.75, 3.05) is 19.0 Å². The fraction of sp³-hybridized carbons (Fsp3) is 0.143.